The third-order valence-corrected chi connectivity index (χ3v) is 5.32. The topological polar surface area (TPSA) is 60.5 Å². The fraction of sp³-hybridized carbons (Fsp3) is 0.364. The van der Waals surface area contributed by atoms with Gasteiger partial charge >= 0.3 is 0 Å². The summed E-state index contributed by atoms with van der Waals surface area (Å²) in [6.07, 6.45) is 1.02. The molecule has 1 amide bonds. The summed E-state index contributed by atoms with van der Waals surface area (Å²) in [6, 6.07) is 13.9. The van der Waals surface area contributed by atoms with Gasteiger partial charge in [-0.25, -0.2) is 4.98 Å². The minimum absolute atomic E-state index is 0.0651. The second kappa shape index (κ2) is 8.61. The van der Waals surface area contributed by atoms with Crippen LogP contribution >= 0.6 is 11.3 Å². The van der Waals surface area contributed by atoms with E-state index in [4.69, 9.17) is 9.47 Å². The van der Waals surface area contributed by atoms with E-state index in [2.05, 4.69) is 43.2 Å². The number of anilines is 1. The van der Waals surface area contributed by atoms with Crippen molar-refractivity contribution in [1.82, 2.24) is 4.98 Å². The van der Waals surface area contributed by atoms with E-state index in [0.29, 0.717) is 30.3 Å². The average molecular weight is 399 g/mol. The Morgan fingerprint density at radius 2 is 1.89 bits per heavy atom. The van der Waals surface area contributed by atoms with Crippen LogP contribution in [0, 0.1) is 0 Å². The van der Waals surface area contributed by atoms with Gasteiger partial charge < -0.3 is 14.8 Å². The summed E-state index contributed by atoms with van der Waals surface area (Å²) in [5.41, 5.74) is 2.17. The van der Waals surface area contributed by atoms with Crippen LogP contribution in [-0.4, -0.2) is 24.6 Å². The first-order valence-corrected chi connectivity index (χ1v) is 10.2. The molecule has 0 radical (unpaired) electrons. The molecule has 3 rings (SSSR count). The number of fused-ring (bicyclic) bond motifs is 1. The molecule has 28 heavy (non-hydrogen) atoms. The normalized spacial score (nSPS) is 11.4. The average Bonchev–Trinajstić information content (AvgIpc) is 3.07. The molecule has 3 aromatic rings. The summed E-state index contributed by atoms with van der Waals surface area (Å²) in [6.45, 7) is 7.05. The monoisotopic (exact) mass is 398 g/mol. The van der Waals surface area contributed by atoms with Crippen LogP contribution in [0.5, 0.6) is 11.5 Å². The van der Waals surface area contributed by atoms with Crippen LogP contribution in [0.3, 0.4) is 0 Å². The molecule has 0 atom stereocenters. The van der Waals surface area contributed by atoms with Crippen molar-refractivity contribution in [2.45, 2.75) is 39.0 Å². The number of methoxy groups -OCH3 is 1. The molecule has 0 unspecified atom stereocenters. The Hall–Kier alpha value is -2.60. The predicted octanol–water partition coefficient (Wildman–Crippen LogP) is 5.40. The summed E-state index contributed by atoms with van der Waals surface area (Å²) in [4.78, 5) is 16.6. The van der Waals surface area contributed by atoms with Gasteiger partial charge in [-0.15, -0.1) is 0 Å². The molecule has 1 aromatic heterocycles. The second-order valence-electron chi connectivity index (χ2n) is 7.60. The van der Waals surface area contributed by atoms with Crippen molar-refractivity contribution >= 4 is 32.6 Å². The van der Waals surface area contributed by atoms with Crippen molar-refractivity contribution < 1.29 is 14.3 Å². The van der Waals surface area contributed by atoms with Gasteiger partial charge in [0.25, 0.3) is 0 Å². The first kappa shape index (κ1) is 20.1. The Kier molecular flexibility index (Phi) is 6.19. The van der Waals surface area contributed by atoms with E-state index >= 15 is 0 Å². The lowest BCUT2D eigenvalue weighted by Gasteiger charge is -2.19. The fourth-order valence-corrected chi connectivity index (χ4v) is 3.70. The molecule has 0 aliphatic rings. The SMILES string of the molecule is COc1cccc2sc(NC(=O)CCCOc3ccc(C(C)(C)C)cc3)nc12. The minimum Gasteiger partial charge on any atom is -0.494 e. The molecule has 2 aromatic carbocycles. The smallest absolute Gasteiger partial charge is 0.226 e. The van der Waals surface area contributed by atoms with Gasteiger partial charge in [-0.3, -0.25) is 4.79 Å². The quantitative estimate of drug-likeness (QED) is 0.541. The van der Waals surface area contributed by atoms with Crippen LogP contribution in [0.1, 0.15) is 39.2 Å². The third kappa shape index (κ3) is 5.01. The maximum atomic E-state index is 12.2. The third-order valence-electron chi connectivity index (χ3n) is 4.39. The number of aromatic nitrogens is 1. The van der Waals surface area contributed by atoms with Gasteiger partial charge in [-0.05, 0) is 41.7 Å². The van der Waals surface area contributed by atoms with Crippen LogP contribution in [0.15, 0.2) is 42.5 Å². The number of hydrogen-bond acceptors (Lipinski definition) is 5. The van der Waals surface area contributed by atoms with Crippen LogP contribution in [0.4, 0.5) is 5.13 Å². The van der Waals surface area contributed by atoms with Gasteiger partial charge in [0.2, 0.25) is 5.91 Å². The maximum absolute atomic E-state index is 12.2. The van der Waals surface area contributed by atoms with Crippen molar-refractivity contribution in [3.05, 3.63) is 48.0 Å². The Morgan fingerprint density at radius 3 is 2.57 bits per heavy atom. The summed E-state index contributed by atoms with van der Waals surface area (Å²) in [7, 11) is 1.61. The standard InChI is InChI=1S/C22H26N2O3S/c1-22(2,3)15-10-12-16(13-11-15)27-14-6-9-19(25)23-21-24-20-17(26-4)7-5-8-18(20)28-21/h5,7-8,10-13H,6,9,14H2,1-4H3,(H,23,24,25). The number of para-hydroxylation sites is 1. The highest BCUT2D eigenvalue weighted by Gasteiger charge is 2.13. The summed E-state index contributed by atoms with van der Waals surface area (Å²) < 4.78 is 12.0. The van der Waals surface area contributed by atoms with Gasteiger partial charge in [0.05, 0.1) is 18.4 Å². The molecule has 148 valence electrons. The molecular weight excluding hydrogens is 372 g/mol. The zero-order valence-corrected chi connectivity index (χ0v) is 17.6. The molecule has 6 heteroatoms. The summed E-state index contributed by atoms with van der Waals surface area (Å²) in [5.74, 6) is 1.47. The number of nitrogens with zero attached hydrogens (tertiary/aromatic N) is 1. The number of ether oxygens (including phenoxy) is 2. The van der Waals surface area contributed by atoms with E-state index in [-0.39, 0.29) is 11.3 Å². The predicted molar refractivity (Wildman–Crippen MR) is 115 cm³/mol. The molecule has 1 N–H and O–H groups in total. The molecule has 1 heterocycles. The zero-order chi connectivity index (χ0) is 20.1. The number of hydrogen-bond donors (Lipinski definition) is 1. The van der Waals surface area contributed by atoms with Crippen LogP contribution in [0.2, 0.25) is 0 Å². The van der Waals surface area contributed by atoms with Gasteiger partial charge in [0.15, 0.2) is 5.13 Å². The molecule has 0 spiro atoms. The van der Waals surface area contributed by atoms with Crippen molar-refractivity contribution in [1.29, 1.82) is 0 Å². The first-order valence-electron chi connectivity index (χ1n) is 9.33. The molecule has 0 saturated heterocycles. The number of benzene rings is 2. The Labute approximate surface area is 169 Å². The van der Waals surface area contributed by atoms with Gasteiger partial charge in [-0.1, -0.05) is 50.3 Å². The summed E-state index contributed by atoms with van der Waals surface area (Å²) in [5, 5.41) is 3.45. The highest BCUT2D eigenvalue weighted by atomic mass is 32.1. The number of amides is 1. The van der Waals surface area contributed by atoms with E-state index < -0.39 is 0 Å². The Balaban J connectivity index is 1.46. The molecule has 5 nitrogen and oxygen atoms in total. The number of carbonyl (C=O) groups excluding carboxylic acids is 1. The number of nitrogens with one attached hydrogen (secondary N) is 1. The highest BCUT2D eigenvalue weighted by Crippen LogP contribution is 2.32. The fourth-order valence-electron chi connectivity index (χ4n) is 2.80. The van der Waals surface area contributed by atoms with Crippen LogP contribution in [0.25, 0.3) is 10.2 Å². The largest absolute Gasteiger partial charge is 0.494 e. The molecule has 0 aliphatic heterocycles. The van der Waals surface area contributed by atoms with Crippen LogP contribution < -0.4 is 14.8 Å². The molecule has 0 fully saturated rings. The molecule has 0 aliphatic carbocycles. The zero-order valence-electron chi connectivity index (χ0n) is 16.7. The number of thiazole rings is 1. The lowest BCUT2D eigenvalue weighted by atomic mass is 9.87. The number of rotatable bonds is 7. The van der Waals surface area contributed by atoms with Crippen molar-refractivity contribution in [2.75, 3.05) is 19.0 Å². The molecule has 0 saturated carbocycles. The van der Waals surface area contributed by atoms with Crippen LogP contribution in [-0.2, 0) is 10.2 Å². The summed E-state index contributed by atoms with van der Waals surface area (Å²) >= 11 is 1.44. The van der Waals surface area contributed by atoms with Crippen molar-refractivity contribution in [3.8, 4) is 11.5 Å². The lowest BCUT2D eigenvalue weighted by Crippen LogP contribution is -2.13. The van der Waals surface area contributed by atoms with Gasteiger partial charge in [-0.2, -0.15) is 0 Å². The Bertz CT molecular complexity index is 943. The van der Waals surface area contributed by atoms with Gasteiger partial charge in [0, 0.05) is 6.42 Å². The van der Waals surface area contributed by atoms with Gasteiger partial charge in [0.1, 0.15) is 17.0 Å². The van der Waals surface area contributed by atoms with Crippen molar-refractivity contribution in [2.24, 2.45) is 0 Å². The number of carbonyl (C=O) groups is 1. The first-order chi connectivity index (χ1) is 13.4. The van der Waals surface area contributed by atoms with E-state index in [9.17, 15) is 4.79 Å². The minimum atomic E-state index is -0.0651. The van der Waals surface area contributed by atoms with E-state index in [1.807, 2.05) is 30.3 Å². The maximum Gasteiger partial charge on any atom is 0.226 e. The van der Waals surface area contributed by atoms with E-state index in [1.165, 1.54) is 16.9 Å². The molecule has 0 bridgehead atoms. The van der Waals surface area contributed by atoms with E-state index in [1.54, 1.807) is 7.11 Å². The Morgan fingerprint density at radius 1 is 1.14 bits per heavy atom. The van der Waals surface area contributed by atoms with E-state index in [0.717, 1.165) is 16.0 Å². The second-order valence-corrected chi connectivity index (χ2v) is 8.63. The lowest BCUT2D eigenvalue weighted by molar-refractivity contribution is -0.116. The molecular formula is C22H26N2O3S. The highest BCUT2D eigenvalue weighted by molar-refractivity contribution is 7.22. The van der Waals surface area contributed by atoms with Crippen molar-refractivity contribution in [3.63, 3.8) is 0 Å².